The lowest BCUT2D eigenvalue weighted by molar-refractivity contribution is -0.116. The minimum absolute atomic E-state index is 0.0748. The molecule has 1 heterocycles. The first-order valence-electron chi connectivity index (χ1n) is 7.91. The Morgan fingerprint density at radius 1 is 1.28 bits per heavy atom. The Kier molecular flexibility index (Phi) is 4.64. The van der Waals surface area contributed by atoms with Crippen LogP contribution >= 0.6 is 15.9 Å². The molecule has 1 atom stereocenters. The van der Waals surface area contributed by atoms with Crippen molar-refractivity contribution in [3.63, 3.8) is 0 Å². The highest BCUT2D eigenvalue weighted by Crippen LogP contribution is 2.40. The third-order valence-electron chi connectivity index (χ3n) is 4.33. The van der Waals surface area contributed by atoms with Crippen LogP contribution < -0.4 is 9.62 Å². The largest absolute Gasteiger partial charge is 0.308 e. The molecule has 0 aromatic heterocycles. The molecule has 132 valence electrons. The van der Waals surface area contributed by atoms with E-state index in [1.165, 1.54) is 6.92 Å². The fourth-order valence-corrected chi connectivity index (χ4v) is 5.30. The molecule has 0 spiro atoms. The number of sulfonamides is 1. The number of halogens is 1. The van der Waals surface area contributed by atoms with Gasteiger partial charge in [0.1, 0.15) is 4.90 Å². The summed E-state index contributed by atoms with van der Waals surface area (Å²) in [6.45, 7) is 5.21. The van der Waals surface area contributed by atoms with Crippen LogP contribution in [0.3, 0.4) is 0 Å². The number of nitrogens with one attached hydrogen (secondary N) is 1. The molecule has 7 heteroatoms. The van der Waals surface area contributed by atoms with Crippen LogP contribution in [-0.4, -0.2) is 20.4 Å². The van der Waals surface area contributed by atoms with Gasteiger partial charge in [0.25, 0.3) is 10.0 Å². The van der Waals surface area contributed by atoms with Crippen molar-refractivity contribution in [1.82, 2.24) is 0 Å². The Labute approximate surface area is 156 Å². The normalized spacial score (nSPS) is 16.6. The Morgan fingerprint density at radius 2 is 1.96 bits per heavy atom. The Bertz CT molecular complexity index is 957. The summed E-state index contributed by atoms with van der Waals surface area (Å²) in [7, 11) is -3.85. The molecule has 25 heavy (non-hydrogen) atoms. The van der Waals surface area contributed by atoms with Crippen LogP contribution in [-0.2, 0) is 21.2 Å². The minimum Gasteiger partial charge on any atom is -0.308 e. The molecule has 3 rings (SSSR count). The zero-order valence-electron chi connectivity index (χ0n) is 14.2. The van der Waals surface area contributed by atoms with Crippen LogP contribution in [0.2, 0.25) is 0 Å². The molecular weight excluding hydrogens is 404 g/mol. The van der Waals surface area contributed by atoms with E-state index < -0.39 is 10.0 Å². The lowest BCUT2D eigenvalue weighted by Crippen LogP contribution is -2.34. The number of amides is 1. The number of para-hydroxylation sites is 1. The van der Waals surface area contributed by atoms with Crippen LogP contribution in [0.4, 0.5) is 11.4 Å². The maximum Gasteiger partial charge on any atom is 0.264 e. The van der Waals surface area contributed by atoms with E-state index in [4.69, 9.17) is 0 Å². The zero-order chi connectivity index (χ0) is 18.4. The summed E-state index contributed by atoms with van der Waals surface area (Å²) >= 11 is 3.39. The van der Waals surface area contributed by atoms with Gasteiger partial charge >= 0.3 is 0 Å². The smallest absolute Gasteiger partial charge is 0.264 e. The Morgan fingerprint density at radius 3 is 2.60 bits per heavy atom. The lowest BCUT2D eigenvalue weighted by Gasteiger charge is -2.23. The molecule has 5 nitrogen and oxygen atoms in total. The summed E-state index contributed by atoms with van der Waals surface area (Å²) in [6, 6.07) is 10.5. The van der Waals surface area contributed by atoms with E-state index in [0.29, 0.717) is 22.3 Å². The number of hydrogen-bond donors (Lipinski definition) is 1. The van der Waals surface area contributed by atoms with Gasteiger partial charge in [-0.3, -0.25) is 9.52 Å². The van der Waals surface area contributed by atoms with Gasteiger partial charge in [0.15, 0.2) is 0 Å². The van der Waals surface area contributed by atoms with Crippen LogP contribution in [0.1, 0.15) is 25.0 Å². The van der Waals surface area contributed by atoms with E-state index in [0.717, 1.165) is 11.1 Å². The van der Waals surface area contributed by atoms with Gasteiger partial charge in [-0.2, -0.15) is 0 Å². The predicted octanol–water partition coefficient (Wildman–Crippen LogP) is 3.86. The fraction of sp³-hybridized carbons (Fsp3) is 0.278. The molecule has 1 N–H and O–H groups in total. The maximum atomic E-state index is 13.1. The summed E-state index contributed by atoms with van der Waals surface area (Å²) in [6.07, 6.45) is 0.626. The Balaban J connectivity index is 2.15. The number of nitrogens with zero attached hydrogens (tertiary/aromatic N) is 1. The number of aryl methyl sites for hydroxylation is 1. The molecular formula is C18H19BrN2O3S. The summed E-state index contributed by atoms with van der Waals surface area (Å²) in [5, 5.41) is 0. The van der Waals surface area contributed by atoms with Crippen LogP contribution in [0.5, 0.6) is 0 Å². The van der Waals surface area contributed by atoms with Gasteiger partial charge in [0.2, 0.25) is 5.91 Å². The molecule has 0 aliphatic carbocycles. The summed E-state index contributed by atoms with van der Waals surface area (Å²) < 4.78 is 29.5. The van der Waals surface area contributed by atoms with Gasteiger partial charge in [-0.25, -0.2) is 8.42 Å². The molecule has 2 aromatic rings. The van der Waals surface area contributed by atoms with Crippen molar-refractivity contribution < 1.29 is 13.2 Å². The average Bonchev–Trinajstić information content (AvgIpc) is 2.84. The predicted molar refractivity (Wildman–Crippen MR) is 102 cm³/mol. The standard InChI is InChI=1S/C18H19BrN2O3S/c1-11-6-4-5-7-16(11)20-25(23,24)17-10-15(19)9-14-8-12(2)21(13(3)22)18(14)17/h4-7,9-10,12,20H,8H2,1-3H3/t12-/m0/s1. The molecule has 0 saturated heterocycles. The fourth-order valence-electron chi connectivity index (χ4n) is 3.25. The first-order chi connectivity index (χ1) is 11.7. The van der Waals surface area contributed by atoms with Gasteiger partial charge in [0.05, 0.1) is 11.4 Å². The third-order valence-corrected chi connectivity index (χ3v) is 6.17. The number of carbonyl (C=O) groups excluding carboxylic acids is 1. The monoisotopic (exact) mass is 422 g/mol. The van der Waals surface area contributed by atoms with Crippen molar-refractivity contribution in [2.45, 2.75) is 38.1 Å². The molecule has 1 aliphatic rings. The highest BCUT2D eigenvalue weighted by molar-refractivity contribution is 9.10. The molecule has 1 amide bonds. The van der Waals surface area contributed by atoms with Gasteiger partial charge in [-0.05, 0) is 49.6 Å². The van der Waals surface area contributed by atoms with Crippen LogP contribution in [0, 0.1) is 6.92 Å². The molecule has 1 aliphatic heterocycles. The Hall–Kier alpha value is -1.86. The number of fused-ring (bicyclic) bond motifs is 1. The molecule has 0 unspecified atom stereocenters. The lowest BCUT2D eigenvalue weighted by atomic mass is 10.1. The molecule has 0 radical (unpaired) electrons. The number of benzene rings is 2. The van der Waals surface area contributed by atoms with E-state index in [2.05, 4.69) is 20.7 Å². The van der Waals surface area contributed by atoms with Crippen molar-refractivity contribution in [3.05, 3.63) is 52.0 Å². The molecule has 0 fully saturated rings. The molecule has 2 aromatic carbocycles. The van der Waals surface area contributed by atoms with E-state index in [9.17, 15) is 13.2 Å². The van der Waals surface area contributed by atoms with Crippen molar-refractivity contribution in [2.24, 2.45) is 0 Å². The first-order valence-corrected chi connectivity index (χ1v) is 10.2. The minimum atomic E-state index is -3.85. The maximum absolute atomic E-state index is 13.1. The highest BCUT2D eigenvalue weighted by atomic mass is 79.9. The average molecular weight is 423 g/mol. The van der Waals surface area contributed by atoms with E-state index in [-0.39, 0.29) is 16.8 Å². The second kappa shape index (κ2) is 6.46. The SMILES string of the molecule is CC(=O)N1c2c(cc(Br)cc2S(=O)(=O)Nc2ccccc2C)C[C@@H]1C. The number of anilines is 2. The van der Waals surface area contributed by atoms with Crippen molar-refractivity contribution in [2.75, 3.05) is 9.62 Å². The van der Waals surface area contributed by atoms with Crippen LogP contribution in [0.25, 0.3) is 0 Å². The number of rotatable bonds is 3. The topological polar surface area (TPSA) is 66.5 Å². The van der Waals surface area contributed by atoms with E-state index in [1.54, 1.807) is 23.1 Å². The van der Waals surface area contributed by atoms with Crippen molar-refractivity contribution >= 4 is 43.2 Å². The van der Waals surface area contributed by atoms with Crippen LogP contribution in [0.15, 0.2) is 45.8 Å². The second-order valence-electron chi connectivity index (χ2n) is 6.27. The zero-order valence-corrected chi connectivity index (χ0v) is 16.6. The quantitative estimate of drug-likeness (QED) is 0.816. The third kappa shape index (κ3) is 3.30. The molecule has 0 bridgehead atoms. The van der Waals surface area contributed by atoms with E-state index >= 15 is 0 Å². The molecule has 0 saturated carbocycles. The van der Waals surface area contributed by atoms with Crippen molar-refractivity contribution in [1.29, 1.82) is 0 Å². The van der Waals surface area contributed by atoms with Gasteiger partial charge < -0.3 is 4.90 Å². The van der Waals surface area contributed by atoms with Gasteiger partial charge in [0, 0.05) is 17.4 Å². The number of carbonyl (C=O) groups is 1. The summed E-state index contributed by atoms with van der Waals surface area (Å²) in [5.74, 6) is -0.166. The van der Waals surface area contributed by atoms with Gasteiger partial charge in [-0.15, -0.1) is 0 Å². The van der Waals surface area contributed by atoms with E-state index in [1.807, 2.05) is 32.0 Å². The van der Waals surface area contributed by atoms with Crippen molar-refractivity contribution in [3.8, 4) is 0 Å². The number of hydrogen-bond acceptors (Lipinski definition) is 3. The van der Waals surface area contributed by atoms with Gasteiger partial charge in [-0.1, -0.05) is 34.1 Å². The summed E-state index contributed by atoms with van der Waals surface area (Å²) in [4.78, 5) is 13.8. The first kappa shape index (κ1) is 17.9. The highest BCUT2D eigenvalue weighted by Gasteiger charge is 2.35. The summed E-state index contributed by atoms with van der Waals surface area (Å²) in [5.41, 5.74) is 2.68. The second-order valence-corrected chi connectivity index (χ2v) is 8.84.